The van der Waals surface area contributed by atoms with Crippen molar-refractivity contribution in [2.45, 2.75) is 51.1 Å². The molecule has 9 heteroatoms. The first-order chi connectivity index (χ1) is 23.2. The number of anilines is 1. The fourth-order valence-corrected chi connectivity index (χ4v) is 9.51. The molecule has 0 spiro atoms. The minimum absolute atomic E-state index is 0.167. The molecule has 1 N–H and O–H groups in total. The van der Waals surface area contributed by atoms with E-state index in [0.717, 1.165) is 31.3 Å². The van der Waals surface area contributed by atoms with Crippen LogP contribution < -0.4 is 4.90 Å². The lowest BCUT2D eigenvalue weighted by Gasteiger charge is -2.49. The molecule has 0 unspecified atom stereocenters. The molecule has 3 aromatic carbocycles. The quantitative estimate of drug-likeness (QED) is 0.293. The number of carbonyl (C=O) groups is 4. The zero-order chi connectivity index (χ0) is 33.3. The number of allylic oxidation sites excluding steroid dienone is 2. The molecule has 0 bridgehead atoms. The summed E-state index contributed by atoms with van der Waals surface area (Å²) in [6, 6.07) is 23.0. The summed E-state index contributed by atoms with van der Waals surface area (Å²) in [4.78, 5) is 62.2. The fraction of sp³-hybridized carbons (Fsp3) is 0.385. The van der Waals surface area contributed by atoms with Gasteiger partial charge in [-0.05, 0) is 62.3 Å². The summed E-state index contributed by atoms with van der Waals surface area (Å²) in [6.45, 7) is 4.09. The van der Waals surface area contributed by atoms with Crippen LogP contribution in [0, 0.1) is 34.9 Å². The Labute approximate surface area is 278 Å². The van der Waals surface area contributed by atoms with Gasteiger partial charge >= 0.3 is 0 Å². The van der Waals surface area contributed by atoms with Crippen molar-refractivity contribution < 1.29 is 28.7 Å². The second-order valence-corrected chi connectivity index (χ2v) is 14.2. The van der Waals surface area contributed by atoms with Gasteiger partial charge in [-0.3, -0.25) is 29.0 Å². The predicted octanol–water partition coefficient (Wildman–Crippen LogP) is 5.43. The molecule has 246 valence electrons. The summed E-state index contributed by atoms with van der Waals surface area (Å²) >= 11 is 0. The van der Waals surface area contributed by atoms with Crippen LogP contribution in [0.1, 0.15) is 49.7 Å². The molecule has 4 fully saturated rings. The van der Waals surface area contributed by atoms with Gasteiger partial charge in [0.25, 0.3) is 0 Å². The van der Waals surface area contributed by atoms with Gasteiger partial charge in [-0.1, -0.05) is 72.3 Å². The number of benzene rings is 3. The highest BCUT2D eigenvalue weighted by Gasteiger charge is 2.68. The van der Waals surface area contributed by atoms with Gasteiger partial charge in [0.1, 0.15) is 0 Å². The maximum Gasteiger partial charge on any atom is 0.241 e. The minimum atomic E-state index is -1.34. The van der Waals surface area contributed by atoms with Crippen molar-refractivity contribution in [1.82, 2.24) is 9.80 Å². The van der Waals surface area contributed by atoms with E-state index < -0.39 is 52.5 Å². The van der Waals surface area contributed by atoms with Crippen molar-refractivity contribution >= 4 is 29.3 Å². The molecule has 3 saturated heterocycles. The Morgan fingerprint density at radius 2 is 1.52 bits per heavy atom. The number of hydrogen-bond acceptors (Lipinski definition) is 6. The highest BCUT2D eigenvalue weighted by molar-refractivity contribution is 6.24. The van der Waals surface area contributed by atoms with Crippen LogP contribution in [0.2, 0.25) is 0 Å². The van der Waals surface area contributed by atoms with Gasteiger partial charge in [0, 0.05) is 37.2 Å². The number of aromatic hydroxyl groups is 1. The summed E-state index contributed by atoms with van der Waals surface area (Å²) in [5.41, 5.74) is 1.27. The summed E-state index contributed by atoms with van der Waals surface area (Å²) in [5.74, 6) is -6.02. The van der Waals surface area contributed by atoms with E-state index in [2.05, 4.69) is 17.0 Å². The fourth-order valence-electron chi connectivity index (χ4n) is 9.51. The molecule has 3 aromatic rings. The molecule has 8 rings (SSSR count). The number of amides is 4. The van der Waals surface area contributed by atoms with Crippen molar-refractivity contribution in [3.63, 3.8) is 0 Å². The Morgan fingerprint density at radius 1 is 0.833 bits per heavy atom. The molecule has 0 aromatic heterocycles. The van der Waals surface area contributed by atoms with Crippen molar-refractivity contribution in [3.05, 3.63) is 107 Å². The standard InChI is InChI=1S/C39H38FN3O5/c1-39-30(36(46)43(38(39)48)24-11-6-3-7-12-24)21-29-26(33(39)28-13-8-14-31(40)34(28)44)15-16-27-32(29)37(47)42(35(27)45)25-17-19-41(20-18-25)22-23-9-4-2-5-10-23/h2-15,25,27,29-30,32-33,44H,16-22H2,1H3/t27-,29+,30-,32-,33+,39+/m0/s1. The minimum Gasteiger partial charge on any atom is -0.505 e. The number of likely N-dealkylation sites (tertiary alicyclic amines) is 2. The lowest BCUT2D eigenvalue weighted by molar-refractivity contribution is -0.144. The summed E-state index contributed by atoms with van der Waals surface area (Å²) in [7, 11) is 0. The van der Waals surface area contributed by atoms with E-state index in [1.54, 1.807) is 43.3 Å². The zero-order valence-electron chi connectivity index (χ0n) is 26.8. The smallest absolute Gasteiger partial charge is 0.241 e. The van der Waals surface area contributed by atoms with Crippen LogP contribution in [-0.2, 0) is 25.7 Å². The van der Waals surface area contributed by atoms with E-state index >= 15 is 0 Å². The van der Waals surface area contributed by atoms with E-state index in [4.69, 9.17) is 0 Å². The van der Waals surface area contributed by atoms with Gasteiger partial charge in [-0.15, -0.1) is 0 Å². The normalized spacial score (nSPS) is 30.7. The number of rotatable bonds is 5. The SMILES string of the molecule is C[C@@]12C(=O)N(c3ccccc3)C(=O)[C@@H]1C[C@@H]1C(=CC[C@@H]3C(=O)N(C4CCN(Cc5ccccc5)CC4)C(=O)[C@@H]31)[C@@H]2c1cccc(F)c1O. The number of halogens is 1. The first-order valence-electron chi connectivity index (χ1n) is 16.9. The average molecular weight is 648 g/mol. The molecule has 48 heavy (non-hydrogen) atoms. The molecule has 3 aliphatic heterocycles. The van der Waals surface area contributed by atoms with Crippen molar-refractivity contribution in [2.75, 3.05) is 18.0 Å². The lowest BCUT2D eigenvalue weighted by atomic mass is 9.51. The van der Waals surface area contributed by atoms with E-state index in [9.17, 15) is 28.7 Å². The molecule has 6 atom stereocenters. The third-order valence-corrected chi connectivity index (χ3v) is 11.8. The molecule has 8 nitrogen and oxygen atoms in total. The Kier molecular flexibility index (Phi) is 7.36. The second kappa shape index (κ2) is 11.5. The highest BCUT2D eigenvalue weighted by Crippen LogP contribution is 2.64. The van der Waals surface area contributed by atoms with Crippen LogP contribution in [0.5, 0.6) is 5.75 Å². The molecule has 0 radical (unpaired) electrons. The molecule has 2 aliphatic carbocycles. The van der Waals surface area contributed by atoms with Crippen LogP contribution in [0.25, 0.3) is 0 Å². The summed E-state index contributed by atoms with van der Waals surface area (Å²) in [5, 5.41) is 11.1. The van der Waals surface area contributed by atoms with Crippen molar-refractivity contribution in [2.24, 2.45) is 29.1 Å². The van der Waals surface area contributed by atoms with Gasteiger partial charge < -0.3 is 5.11 Å². The Balaban J connectivity index is 1.13. The molecular formula is C39H38FN3O5. The van der Waals surface area contributed by atoms with E-state index in [-0.39, 0.29) is 35.7 Å². The first-order valence-corrected chi connectivity index (χ1v) is 16.9. The topological polar surface area (TPSA) is 98.2 Å². The highest BCUT2D eigenvalue weighted by atomic mass is 19.1. The van der Waals surface area contributed by atoms with Gasteiger partial charge in [0.2, 0.25) is 23.6 Å². The molecule has 1 saturated carbocycles. The Morgan fingerprint density at radius 3 is 2.23 bits per heavy atom. The number of imide groups is 2. The third-order valence-electron chi connectivity index (χ3n) is 11.8. The van der Waals surface area contributed by atoms with Crippen LogP contribution in [0.3, 0.4) is 0 Å². The Bertz CT molecular complexity index is 1840. The maximum atomic E-state index is 14.9. The summed E-state index contributed by atoms with van der Waals surface area (Å²) in [6.07, 6.45) is 3.83. The predicted molar refractivity (Wildman–Crippen MR) is 176 cm³/mol. The van der Waals surface area contributed by atoms with Crippen molar-refractivity contribution in [1.29, 1.82) is 0 Å². The number of carbonyl (C=O) groups excluding carboxylic acids is 4. The van der Waals surface area contributed by atoms with E-state index in [1.165, 1.54) is 21.4 Å². The largest absolute Gasteiger partial charge is 0.505 e. The lowest BCUT2D eigenvalue weighted by Crippen LogP contribution is -2.49. The molecule has 4 amide bonds. The van der Waals surface area contributed by atoms with E-state index in [1.807, 2.05) is 24.3 Å². The average Bonchev–Trinajstić information content (AvgIpc) is 3.47. The van der Waals surface area contributed by atoms with Gasteiger partial charge in [-0.25, -0.2) is 9.29 Å². The van der Waals surface area contributed by atoms with Gasteiger partial charge in [-0.2, -0.15) is 0 Å². The third kappa shape index (κ3) is 4.50. The zero-order valence-corrected chi connectivity index (χ0v) is 26.8. The van der Waals surface area contributed by atoms with Crippen molar-refractivity contribution in [3.8, 4) is 5.75 Å². The number of phenols is 1. The number of fused-ring (bicyclic) bond motifs is 4. The molecular weight excluding hydrogens is 609 g/mol. The maximum absolute atomic E-state index is 14.9. The monoisotopic (exact) mass is 647 g/mol. The van der Waals surface area contributed by atoms with Gasteiger partial charge in [0.15, 0.2) is 11.6 Å². The number of nitrogens with zero attached hydrogens (tertiary/aromatic N) is 3. The van der Waals surface area contributed by atoms with Gasteiger partial charge in [0.05, 0.1) is 28.9 Å². The second-order valence-electron chi connectivity index (χ2n) is 14.2. The first kappa shape index (κ1) is 30.7. The number of piperidine rings is 1. The van der Waals surface area contributed by atoms with Crippen LogP contribution >= 0.6 is 0 Å². The van der Waals surface area contributed by atoms with E-state index in [0.29, 0.717) is 24.9 Å². The molecule has 5 aliphatic rings. The number of hydrogen-bond donors (Lipinski definition) is 1. The molecule has 3 heterocycles. The summed E-state index contributed by atoms with van der Waals surface area (Å²) < 4.78 is 14.9. The van der Waals surface area contributed by atoms with Crippen LogP contribution in [0.15, 0.2) is 90.5 Å². The van der Waals surface area contributed by atoms with Crippen LogP contribution in [-0.4, -0.2) is 57.7 Å². The number of phenolic OH excluding ortho intramolecular Hbond substituents is 1. The Hall–Kier alpha value is -4.63. The number of para-hydroxylation sites is 2. The van der Waals surface area contributed by atoms with Crippen LogP contribution in [0.4, 0.5) is 10.1 Å².